The van der Waals surface area contributed by atoms with E-state index in [1.54, 1.807) is 6.08 Å². The number of aliphatic hydroxyl groups is 8. The summed E-state index contributed by atoms with van der Waals surface area (Å²) in [5.41, 5.74) is 0. The van der Waals surface area contributed by atoms with Gasteiger partial charge < -0.3 is 65.1 Å². The van der Waals surface area contributed by atoms with Crippen LogP contribution in [0.3, 0.4) is 0 Å². The van der Waals surface area contributed by atoms with Gasteiger partial charge in [-0.2, -0.15) is 0 Å². The van der Waals surface area contributed by atoms with Gasteiger partial charge in [-0.15, -0.1) is 0 Å². The van der Waals surface area contributed by atoms with Crippen LogP contribution in [0.4, 0.5) is 0 Å². The van der Waals surface area contributed by atoms with Crippen molar-refractivity contribution in [2.75, 3.05) is 19.8 Å². The first-order chi connectivity index (χ1) is 36.6. The van der Waals surface area contributed by atoms with E-state index >= 15 is 0 Å². The van der Waals surface area contributed by atoms with Crippen LogP contribution in [-0.2, 0) is 23.7 Å². The maximum absolute atomic E-state index is 13.3. The molecule has 2 aliphatic heterocycles. The second-order valence-corrected chi connectivity index (χ2v) is 21.8. The van der Waals surface area contributed by atoms with Crippen LogP contribution in [0.25, 0.3) is 0 Å². The molecule has 12 atom stereocenters. The summed E-state index contributed by atoms with van der Waals surface area (Å²) in [5, 5.41) is 87.0. The maximum Gasteiger partial charge on any atom is 0.220 e. The zero-order chi connectivity index (χ0) is 54.6. The fourth-order valence-electron chi connectivity index (χ4n) is 10.1. The van der Waals surface area contributed by atoms with Crippen molar-refractivity contribution in [3.05, 3.63) is 36.5 Å². The molecule has 14 heteroatoms. The highest BCUT2D eigenvalue weighted by molar-refractivity contribution is 5.76. The van der Waals surface area contributed by atoms with E-state index in [2.05, 4.69) is 43.5 Å². The lowest BCUT2D eigenvalue weighted by Crippen LogP contribution is -2.65. The zero-order valence-electron chi connectivity index (χ0n) is 47.3. The minimum Gasteiger partial charge on any atom is -0.394 e. The van der Waals surface area contributed by atoms with E-state index in [0.29, 0.717) is 12.8 Å². The van der Waals surface area contributed by atoms with Crippen LogP contribution in [0.5, 0.6) is 0 Å². The smallest absolute Gasteiger partial charge is 0.220 e. The predicted octanol–water partition coefficient (Wildman–Crippen LogP) is 10.6. The van der Waals surface area contributed by atoms with Gasteiger partial charge in [-0.3, -0.25) is 4.79 Å². The molecule has 0 aromatic carbocycles. The highest BCUT2D eigenvalue weighted by Gasteiger charge is 2.51. The molecule has 0 bridgehead atoms. The first kappa shape index (κ1) is 69.3. The second-order valence-electron chi connectivity index (χ2n) is 21.8. The van der Waals surface area contributed by atoms with Crippen LogP contribution in [0.2, 0.25) is 0 Å². The fraction of sp³-hybridized carbons (Fsp3) is 0.885. The molecule has 0 saturated carbocycles. The highest BCUT2D eigenvalue weighted by atomic mass is 16.7. The van der Waals surface area contributed by atoms with Crippen LogP contribution in [0.15, 0.2) is 36.5 Å². The van der Waals surface area contributed by atoms with E-state index in [1.165, 1.54) is 173 Å². The Morgan fingerprint density at radius 1 is 0.467 bits per heavy atom. The lowest BCUT2D eigenvalue weighted by atomic mass is 9.97. The number of carbonyl (C=O) groups excluding carboxylic acids is 1. The highest BCUT2D eigenvalue weighted by Crippen LogP contribution is 2.30. The van der Waals surface area contributed by atoms with Gasteiger partial charge in [0.2, 0.25) is 5.91 Å². The molecule has 2 saturated heterocycles. The Kier molecular flexibility index (Phi) is 43.5. The Bertz CT molecular complexity index is 1400. The van der Waals surface area contributed by atoms with Gasteiger partial charge in [-0.25, -0.2) is 0 Å². The van der Waals surface area contributed by atoms with E-state index in [9.17, 15) is 45.6 Å². The monoisotopic (exact) mass is 1070 g/mol. The summed E-state index contributed by atoms with van der Waals surface area (Å²) in [6.07, 6.45) is 40.5. The molecule has 14 nitrogen and oxygen atoms in total. The van der Waals surface area contributed by atoms with Crippen molar-refractivity contribution in [1.29, 1.82) is 0 Å². The van der Waals surface area contributed by atoms with Gasteiger partial charge in [0.15, 0.2) is 12.6 Å². The van der Waals surface area contributed by atoms with E-state index in [1.807, 2.05) is 6.08 Å². The third-order valence-electron chi connectivity index (χ3n) is 15.1. The van der Waals surface area contributed by atoms with E-state index < -0.39 is 86.8 Å². The number of unbranched alkanes of at least 4 members (excludes halogenated alkanes) is 32. The summed E-state index contributed by atoms with van der Waals surface area (Å²) in [4.78, 5) is 13.3. The topological polar surface area (TPSA) is 228 Å². The van der Waals surface area contributed by atoms with Gasteiger partial charge in [0.1, 0.15) is 48.8 Å². The van der Waals surface area contributed by atoms with E-state index in [4.69, 9.17) is 18.9 Å². The molecular weight excluding hydrogens is 955 g/mol. The number of hydrogen-bond acceptors (Lipinski definition) is 13. The molecule has 0 radical (unpaired) electrons. The molecule has 2 aliphatic rings. The van der Waals surface area contributed by atoms with Gasteiger partial charge in [-0.05, 0) is 44.9 Å². The van der Waals surface area contributed by atoms with Gasteiger partial charge >= 0.3 is 0 Å². The van der Waals surface area contributed by atoms with Crippen LogP contribution in [0.1, 0.15) is 251 Å². The Morgan fingerprint density at radius 3 is 1.31 bits per heavy atom. The summed E-state index contributed by atoms with van der Waals surface area (Å²) < 4.78 is 22.8. The minimum atomic E-state index is -1.79. The Morgan fingerprint density at radius 2 is 0.853 bits per heavy atom. The first-order valence-corrected chi connectivity index (χ1v) is 30.7. The number of allylic oxidation sites excluding steroid dienone is 5. The molecule has 12 unspecified atom stereocenters. The molecule has 1 amide bonds. The Balaban J connectivity index is 1.74. The molecular formula is C61H113NO13. The Labute approximate surface area is 455 Å². The van der Waals surface area contributed by atoms with E-state index in [-0.39, 0.29) is 18.9 Å². The van der Waals surface area contributed by atoms with Crippen molar-refractivity contribution in [1.82, 2.24) is 5.32 Å². The maximum atomic E-state index is 13.3. The normalized spacial score (nSPS) is 25.3. The van der Waals surface area contributed by atoms with Crippen LogP contribution in [0, 0.1) is 0 Å². The molecule has 2 rings (SSSR count). The SMILES string of the molecule is CCCCCCCC/C=C/CC/C=C/CC/C=C/C(O)C(COC1OC(CO)C(OC2OC(CO)C(O)C(O)C2O)C(O)C1O)NC(=O)CCCCCCCCCCCCCCCCCCCCCCCCCCC. The molecule has 0 aliphatic carbocycles. The average molecular weight is 1070 g/mol. The number of nitrogens with one attached hydrogen (secondary N) is 1. The minimum absolute atomic E-state index is 0.250. The molecule has 2 heterocycles. The van der Waals surface area contributed by atoms with Crippen molar-refractivity contribution in [3.63, 3.8) is 0 Å². The van der Waals surface area contributed by atoms with Crippen molar-refractivity contribution >= 4 is 5.91 Å². The van der Waals surface area contributed by atoms with Crippen molar-refractivity contribution < 1.29 is 64.6 Å². The number of amides is 1. The third kappa shape index (κ3) is 32.8. The Hall–Kier alpha value is -1.79. The van der Waals surface area contributed by atoms with Crippen LogP contribution >= 0.6 is 0 Å². The number of hydrogen-bond donors (Lipinski definition) is 9. The van der Waals surface area contributed by atoms with Crippen molar-refractivity contribution in [2.45, 2.75) is 325 Å². The molecule has 0 aromatic rings. The molecule has 9 N–H and O–H groups in total. The van der Waals surface area contributed by atoms with Gasteiger partial charge in [0.05, 0.1) is 32.0 Å². The number of aliphatic hydroxyl groups excluding tert-OH is 8. The van der Waals surface area contributed by atoms with Crippen LogP contribution in [-0.4, -0.2) is 140 Å². The molecule has 2 fully saturated rings. The van der Waals surface area contributed by atoms with Crippen molar-refractivity contribution in [3.8, 4) is 0 Å². The third-order valence-corrected chi connectivity index (χ3v) is 15.1. The molecule has 0 aromatic heterocycles. The summed E-state index contributed by atoms with van der Waals surface area (Å²) in [6.45, 7) is 2.78. The average Bonchev–Trinajstić information content (AvgIpc) is 3.41. The largest absolute Gasteiger partial charge is 0.394 e. The second kappa shape index (κ2) is 47.1. The number of carbonyl (C=O) groups is 1. The van der Waals surface area contributed by atoms with Crippen molar-refractivity contribution in [2.24, 2.45) is 0 Å². The number of ether oxygens (including phenoxy) is 4. The summed E-state index contributed by atoms with van der Waals surface area (Å²) in [7, 11) is 0. The summed E-state index contributed by atoms with van der Waals surface area (Å²) >= 11 is 0. The van der Waals surface area contributed by atoms with Crippen LogP contribution < -0.4 is 5.32 Å². The first-order valence-electron chi connectivity index (χ1n) is 30.7. The quantitative estimate of drug-likeness (QED) is 0.0204. The standard InChI is InChI=1S/C61H113NO13/c1-3-5-7-9-11-13-15-17-19-21-22-23-24-25-26-27-28-29-31-33-35-37-39-41-43-45-53(66)62-49(50(65)44-42-40-38-36-34-32-30-20-18-16-14-12-10-8-6-4-2)48-72-60-58(71)56(69)59(52(47-64)74-60)75-61-57(70)55(68)54(67)51(46-63)73-61/h18,20,34,36,42,44,49-52,54-61,63-65,67-71H,3-17,19,21-33,35,37-41,43,45-48H2,1-2H3,(H,62,66)/b20-18+,36-34+,44-42+. The lowest BCUT2D eigenvalue weighted by molar-refractivity contribution is -0.359. The summed E-state index contributed by atoms with van der Waals surface area (Å²) in [5.74, 6) is -0.250. The fourth-order valence-corrected chi connectivity index (χ4v) is 10.1. The molecule has 75 heavy (non-hydrogen) atoms. The lowest BCUT2D eigenvalue weighted by Gasteiger charge is -2.46. The zero-order valence-corrected chi connectivity index (χ0v) is 47.3. The van der Waals surface area contributed by atoms with Gasteiger partial charge in [-0.1, -0.05) is 237 Å². The van der Waals surface area contributed by atoms with Gasteiger partial charge in [0, 0.05) is 6.42 Å². The predicted molar refractivity (Wildman–Crippen MR) is 300 cm³/mol. The van der Waals surface area contributed by atoms with E-state index in [0.717, 1.165) is 44.9 Å². The molecule has 440 valence electrons. The summed E-state index contributed by atoms with van der Waals surface area (Å²) in [6, 6.07) is -0.935. The van der Waals surface area contributed by atoms with Gasteiger partial charge in [0.25, 0.3) is 0 Å². The number of rotatable bonds is 49. The molecule has 0 spiro atoms.